The summed E-state index contributed by atoms with van der Waals surface area (Å²) in [6.45, 7) is -0.411. The van der Waals surface area contributed by atoms with E-state index in [-0.39, 0.29) is 27.9 Å². The van der Waals surface area contributed by atoms with Gasteiger partial charge in [0.2, 0.25) is 0 Å². The highest BCUT2D eigenvalue weighted by Crippen LogP contribution is 2.37. The molecule has 0 bridgehead atoms. The predicted octanol–water partition coefficient (Wildman–Crippen LogP) is 2.53. The number of rotatable bonds is 6. The van der Waals surface area contributed by atoms with Gasteiger partial charge in [-0.25, -0.2) is 4.39 Å². The van der Waals surface area contributed by atoms with Crippen LogP contribution in [0.4, 0.5) is 10.1 Å². The van der Waals surface area contributed by atoms with Crippen molar-refractivity contribution in [3.8, 4) is 11.5 Å². The Morgan fingerprint density at radius 2 is 1.90 bits per heavy atom. The number of halogens is 2. The third-order valence-electron chi connectivity index (χ3n) is 4.00. The SMILES string of the molecule is COc1cc(C=C2C(=O)NC(=S)NC2=O)cc(Br)c1OCC(=O)Nc1ccccc1F. The summed E-state index contributed by atoms with van der Waals surface area (Å²) >= 11 is 8.09. The summed E-state index contributed by atoms with van der Waals surface area (Å²) in [5.74, 6) is -1.94. The van der Waals surface area contributed by atoms with Gasteiger partial charge in [-0.05, 0) is 64.1 Å². The van der Waals surface area contributed by atoms with Gasteiger partial charge in [0.15, 0.2) is 23.2 Å². The number of anilines is 1. The van der Waals surface area contributed by atoms with Crippen molar-refractivity contribution in [2.75, 3.05) is 19.0 Å². The van der Waals surface area contributed by atoms with Crippen molar-refractivity contribution in [2.24, 2.45) is 0 Å². The largest absolute Gasteiger partial charge is 0.493 e. The summed E-state index contributed by atoms with van der Waals surface area (Å²) in [7, 11) is 1.39. The highest BCUT2D eigenvalue weighted by Gasteiger charge is 2.26. The van der Waals surface area contributed by atoms with Gasteiger partial charge in [0.05, 0.1) is 17.3 Å². The number of amides is 3. The number of nitrogens with one attached hydrogen (secondary N) is 3. The molecule has 3 amide bonds. The first-order valence-corrected chi connectivity index (χ1v) is 9.91. The number of ether oxygens (including phenoxy) is 2. The maximum Gasteiger partial charge on any atom is 0.263 e. The zero-order valence-electron chi connectivity index (χ0n) is 16.0. The van der Waals surface area contributed by atoms with Gasteiger partial charge in [-0.3, -0.25) is 25.0 Å². The molecule has 31 heavy (non-hydrogen) atoms. The molecule has 8 nitrogen and oxygen atoms in total. The lowest BCUT2D eigenvalue weighted by Gasteiger charge is -2.17. The molecule has 3 N–H and O–H groups in total. The first-order valence-electron chi connectivity index (χ1n) is 8.71. The number of methoxy groups -OCH3 is 1. The molecule has 0 radical (unpaired) electrons. The fourth-order valence-corrected chi connectivity index (χ4v) is 3.38. The van der Waals surface area contributed by atoms with E-state index in [0.29, 0.717) is 10.0 Å². The standard InChI is InChI=1S/C20H15BrFN3O5S/c1-29-15-8-10(6-11-18(27)24-20(31)25-19(11)28)7-12(21)17(15)30-9-16(26)23-14-5-3-2-4-13(14)22/h2-8H,9H2,1H3,(H,23,26)(H2,24,25,27,28,31). The molecule has 0 unspecified atom stereocenters. The third kappa shape index (κ3) is 5.44. The summed E-state index contributed by atoms with van der Waals surface area (Å²) in [6, 6.07) is 8.85. The van der Waals surface area contributed by atoms with E-state index in [9.17, 15) is 18.8 Å². The lowest BCUT2D eigenvalue weighted by Crippen LogP contribution is -2.51. The van der Waals surface area contributed by atoms with Crippen molar-refractivity contribution in [1.82, 2.24) is 10.6 Å². The van der Waals surface area contributed by atoms with E-state index in [2.05, 4.69) is 31.9 Å². The Hall–Kier alpha value is -3.31. The van der Waals surface area contributed by atoms with Gasteiger partial charge in [0.1, 0.15) is 11.4 Å². The molecule has 1 aliphatic rings. The summed E-state index contributed by atoms with van der Waals surface area (Å²) in [6.07, 6.45) is 1.36. The normalized spacial score (nSPS) is 13.3. The maximum atomic E-state index is 13.7. The van der Waals surface area contributed by atoms with E-state index in [1.165, 1.54) is 37.5 Å². The third-order valence-corrected chi connectivity index (χ3v) is 4.79. The Kier molecular flexibility index (Phi) is 6.98. The number of hydrogen-bond acceptors (Lipinski definition) is 6. The highest BCUT2D eigenvalue weighted by molar-refractivity contribution is 9.10. The van der Waals surface area contributed by atoms with Crippen LogP contribution in [0.1, 0.15) is 5.56 Å². The first-order chi connectivity index (χ1) is 14.8. The van der Waals surface area contributed by atoms with Gasteiger partial charge in [0.25, 0.3) is 17.7 Å². The molecule has 1 heterocycles. The van der Waals surface area contributed by atoms with Crippen LogP contribution < -0.4 is 25.4 Å². The Morgan fingerprint density at radius 1 is 1.23 bits per heavy atom. The first kappa shape index (κ1) is 22.4. The van der Waals surface area contributed by atoms with Crippen LogP contribution in [0.15, 0.2) is 46.4 Å². The summed E-state index contributed by atoms with van der Waals surface area (Å²) in [5.41, 5.74) is 0.355. The van der Waals surface area contributed by atoms with Gasteiger partial charge < -0.3 is 14.8 Å². The second-order valence-corrected chi connectivity index (χ2v) is 7.41. The Morgan fingerprint density at radius 3 is 2.55 bits per heavy atom. The number of para-hydroxylation sites is 1. The van der Waals surface area contributed by atoms with Crippen LogP contribution in [0, 0.1) is 5.82 Å². The number of carbonyl (C=O) groups excluding carboxylic acids is 3. The molecule has 1 aliphatic heterocycles. The van der Waals surface area contributed by atoms with Gasteiger partial charge >= 0.3 is 0 Å². The molecule has 0 spiro atoms. The van der Waals surface area contributed by atoms with Crippen LogP contribution in [-0.4, -0.2) is 36.6 Å². The zero-order chi connectivity index (χ0) is 22.5. The van der Waals surface area contributed by atoms with E-state index in [1.54, 1.807) is 12.1 Å². The van der Waals surface area contributed by atoms with Crippen LogP contribution in [-0.2, 0) is 14.4 Å². The number of benzene rings is 2. The van der Waals surface area contributed by atoms with Crippen molar-refractivity contribution < 1.29 is 28.2 Å². The minimum Gasteiger partial charge on any atom is -0.493 e. The molecule has 11 heteroatoms. The van der Waals surface area contributed by atoms with Gasteiger partial charge in [-0.1, -0.05) is 12.1 Å². The lowest BCUT2D eigenvalue weighted by molar-refractivity contribution is -0.123. The molecule has 0 atom stereocenters. The van der Waals surface area contributed by atoms with Crippen LogP contribution in [0.5, 0.6) is 11.5 Å². The molecular formula is C20H15BrFN3O5S. The van der Waals surface area contributed by atoms with Crippen molar-refractivity contribution in [1.29, 1.82) is 0 Å². The molecule has 1 saturated heterocycles. The monoisotopic (exact) mass is 507 g/mol. The summed E-state index contributed by atoms with van der Waals surface area (Å²) in [4.78, 5) is 36.1. The Balaban J connectivity index is 1.77. The molecule has 0 saturated carbocycles. The number of carbonyl (C=O) groups is 3. The topological polar surface area (TPSA) is 106 Å². The molecule has 2 aromatic carbocycles. The van der Waals surface area contributed by atoms with Crippen LogP contribution >= 0.6 is 28.1 Å². The quantitative estimate of drug-likeness (QED) is 0.315. The second-order valence-electron chi connectivity index (χ2n) is 6.15. The fourth-order valence-electron chi connectivity index (χ4n) is 2.62. The maximum absolute atomic E-state index is 13.7. The minimum absolute atomic E-state index is 0.0348. The van der Waals surface area contributed by atoms with Gasteiger partial charge in [0, 0.05) is 0 Å². The molecule has 3 rings (SSSR count). The van der Waals surface area contributed by atoms with E-state index >= 15 is 0 Å². The van der Waals surface area contributed by atoms with E-state index in [4.69, 9.17) is 21.7 Å². The highest BCUT2D eigenvalue weighted by atomic mass is 79.9. The predicted molar refractivity (Wildman–Crippen MR) is 118 cm³/mol. The molecule has 1 fully saturated rings. The zero-order valence-corrected chi connectivity index (χ0v) is 18.4. The molecule has 0 aliphatic carbocycles. The summed E-state index contributed by atoms with van der Waals surface area (Å²) < 4.78 is 24.9. The van der Waals surface area contributed by atoms with E-state index in [0.717, 1.165) is 0 Å². The average Bonchev–Trinajstić information content (AvgIpc) is 2.71. The average molecular weight is 508 g/mol. The lowest BCUT2D eigenvalue weighted by atomic mass is 10.1. The minimum atomic E-state index is -0.631. The van der Waals surface area contributed by atoms with Crippen LogP contribution in [0.3, 0.4) is 0 Å². The Bertz CT molecular complexity index is 1100. The summed E-state index contributed by atoms with van der Waals surface area (Å²) in [5, 5.41) is 7.04. The van der Waals surface area contributed by atoms with E-state index in [1.807, 2.05) is 0 Å². The van der Waals surface area contributed by atoms with Gasteiger partial charge in [-0.15, -0.1) is 0 Å². The van der Waals surface area contributed by atoms with Crippen molar-refractivity contribution in [2.45, 2.75) is 0 Å². The van der Waals surface area contributed by atoms with Crippen molar-refractivity contribution in [3.05, 3.63) is 57.8 Å². The Labute approximate surface area is 189 Å². The second kappa shape index (κ2) is 9.67. The molecule has 2 aromatic rings. The van der Waals surface area contributed by atoms with Crippen molar-refractivity contribution in [3.63, 3.8) is 0 Å². The molecule has 0 aromatic heterocycles. The van der Waals surface area contributed by atoms with Crippen LogP contribution in [0.25, 0.3) is 6.08 Å². The number of hydrogen-bond donors (Lipinski definition) is 3. The van der Waals surface area contributed by atoms with E-state index < -0.39 is 30.1 Å². The number of thiocarbonyl (C=S) groups is 1. The van der Waals surface area contributed by atoms with Crippen molar-refractivity contribution >= 4 is 62.7 Å². The van der Waals surface area contributed by atoms with Gasteiger partial charge in [-0.2, -0.15) is 0 Å². The smallest absolute Gasteiger partial charge is 0.263 e. The van der Waals surface area contributed by atoms with Crippen LogP contribution in [0.2, 0.25) is 0 Å². The molecule has 160 valence electrons. The fraction of sp³-hybridized carbons (Fsp3) is 0.100. The molecular weight excluding hydrogens is 493 g/mol.